The fourth-order valence-corrected chi connectivity index (χ4v) is 2.82. The minimum atomic E-state index is -0.155. The van der Waals surface area contributed by atoms with Gasteiger partial charge in [0.2, 0.25) is 0 Å². The zero-order chi connectivity index (χ0) is 14.5. The highest BCUT2D eigenvalue weighted by Crippen LogP contribution is 2.18. The molecule has 1 aliphatic rings. The van der Waals surface area contributed by atoms with E-state index in [0.29, 0.717) is 6.04 Å². The van der Waals surface area contributed by atoms with Crippen LogP contribution in [0.2, 0.25) is 0 Å². The van der Waals surface area contributed by atoms with Crippen LogP contribution in [0.15, 0.2) is 24.3 Å². The molecule has 0 amide bonds. The van der Waals surface area contributed by atoms with Crippen LogP contribution in [0.3, 0.4) is 0 Å². The number of benzene rings is 1. The van der Waals surface area contributed by atoms with E-state index in [9.17, 15) is 4.39 Å². The first kappa shape index (κ1) is 15.4. The zero-order valence-corrected chi connectivity index (χ0v) is 12.8. The molecular weight excluding hydrogens is 253 g/mol. The topological polar surface area (TPSA) is 18.5 Å². The number of nitrogens with one attached hydrogen (secondary N) is 1. The molecule has 1 fully saturated rings. The molecule has 1 heterocycles. The largest absolute Gasteiger partial charge is 0.308 e. The number of rotatable bonds is 5. The standard InChI is InChI=1S/C16H26FN3/c1-4-16(13-6-5-7-14(17)10-13)18-11-15-12-19(2)8-9-20(15)3/h5-7,10,15-16,18H,4,8-9,11-12H2,1-3H3. The van der Waals surface area contributed by atoms with Crippen molar-refractivity contribution in [3.8, 4) is 0 Å². The van der Waals surface area contributed by atoms with Crippen LogP contribution in [0, 0.1) is 5.82 Å². The fraction of sp³-hybridized carbons (Fsp3) is 0.625. The van der Waals surface area contributed by atoms with Gasteiger partial charge in [-0.2, -0.15) is 0 Å². The second kappa shape index (κ2) is 7.16. The third-order valence-corrected chi connectivity index (χ3v) is 4.24. The van der Waals surface area contributed by atoms with Gasteiger partial charge in [-0.05, 0) is 38.2 Å². The van der Waals surface area contributed by atoms with Crippen LogP contribution in [0.4, 0.5) is 4.39 Å². The van der Waals surface area contributed by atoms with E-state index in [2.05, 4.69) is 36.1 Å². The van der Waals surface area contributed by atoms with Crippen molar-refractivity contribution in [3.05, 3.63) is 35.6 Å². The molecule has 4 heteroatoms. The minimum absolute atomic E-state index is 0.155. The molecule has 2 unspecified atom stereocenters. The Balaban J connectivity index is 1.93. The van der Waals surface area contributed by atoms with E-state index in [4.69, 9.17) is 0 Å². The summed E-state index contributed by atoms with van der Waals surface area (Å²) in [5, 5.41) is 3.60. The summed E-state index contributed by atoms with van der Waals surface area (Å²) >= 11 is 0. The Morgan fingerprint density at radius 1 is 1.35 bits per heavy atom. The van der Waals surface area contributed by atoms with Crippen LogP contribution in [0.25, 0.3) is 0 Å². The number of piperazine rings is 1. The van der Waals surface area contributed by atoms with Crippen molar-refractivity contribution in [2.45, 2.75) is 25.4 Å². The predicted molar refractivity (Wildman–Crippen MR) is 81.3 cm³/mol. The van der Waals surface area contributed by atoms with E-state index in [-0.39, 0.29) is 11.9 Å². The Morgan fingerprint density at radius 3 is 2.85 bits per heavy atom. The van der Waals surface area contributed by atoms with Gasteiger partial charge in [0.15, 0.2) is 0 Å². The van der Waals surface area contributed by atoms with Crippen molar-refractivity contribution in [3.63, 3.8) is 0 Å². The molecular formula is C16H26FN3. The van der Waals surface area contributed by atoms with Gasteiger partial charge >= 0.3 is 0 Å². The lowest BCUT2D eigenvalue weighted by Crippen LogP contribution is -2.54. The number of halogens is 1. The Labute approximate surface area is 121 Å². The van der Waals surface area contributed by atoms with E-state index in [0.717, 1.165) is 38.2 Å². The van der Waals surface area contributed by atoms with Crippen LogP contribution < -0.4 is 5.32 Å². The molecule has 2 atom stereocenters. The van der Waals surface area contributed by atoms with E-state index in [1.807, 2.05) is 6.07 Å². The van der Waals surface area contributed by atoms with Gasteiger partial charge in [0.25, 0.3) is 0 Å². The minimum Gasteiger partial charge on any atom is -0.308 e. The molecule has 1 aliphatic heterocycles. The number of hydrogen-bond acceptors (Lipinski definition) is 3. The summed E-state index contributed by atoms with van der Waals surface area (Å²) in [5.41, 5.74) is 1.04. The van der Waals surface area contributed by atoms with E-state index >= 15 is 0 Å². The average molecular weight is 279 g/mol. The molecule has 1 aromatic carbocycles. The first-order valence-corrected chi connectivity index (χ1v) is 7.47. The third kappa shape index (κ3) is 4.01. The summed E-state index contributed by atoms with van der Waals surface area (Å²) in [6, 6.07) is 7.68. The van der Waals surface area contributed by atoms with Crippen LogP contribution in [-0.4, -0.2) is 56.1 Å². The summed E-state index contributed by atoms with van der Waals surface area (Å²) in [4.78, 5) is 4.78. The van der Waals surface area contributed by atoms with Gasteiger partial charge in [0.1, 0.15) is 5.82 Å². The van der Waals surface area contributed by atoms with Gasteiger partial charge in [-0.15, -0.1) is 0 Å². The second-order valence-electron chi connectivity index (χ2n) is 5.82. The molecule has 0 aliphatic carbocycles. The van der Waals surface area contributed by atoms with Crippen molar-refractivity contribution < 1.29 is 4.39 Å². The van der Waals surface area contributed by atoms with Crippen molar-refractivity contribution in [1.29, 1.82) is 0 Å². The monoisotopic (exact) mass is 279 g/mol. The second-order valence-corrected chi connectivity index (χ2v) is 5.82. The van der Waals surface area contributed by atoms with Crippen LogP contribution in [0.1, 0.15) is 24.9 Å². The molecule has 112 valence electrons. The van der Waals surface area contributed by atoms with Gasteiger partial charge in [-0.1, -0.05) is 19.1 Å². The van der Waals surface area contributed by atoms with Crippen LogP contribution >= 0.6 is 0 Å². The zero-order valence-electron chi connectivity index (χ0n) is 12.8. The summed E-state index contributed by atoms with van der Waals surface area (Å²) in [6.07, 6.45) is 0.968. The number of hydrogen-bond donors (Lipinski definition) is 1. The van der Waals surface area contributed by atoms with Crippen molar-refractivity contribution in [1.82, 2.24) is 15.1 Å². The van der Waals surface area contributed by atoms with Crippen molar-refractivity contribution >= 4 is 0 Å². The molecule has 0 bridgehead atoms. The highest BCUT2D eigenvalue weighted by molar-refractivity contribution is 5.20. The highest BCUT2D eigenvalue weighted by Gasteiger charge is 2.22. The third-order valence-electron chi connectivity index (χ3n) is 4.24. The summed E-state index contributed by atoms with van der Waals surface area (Å²) in [5.74, 6) is -0.155. The maximum Gasteiger partial charge on any atom is 0.123 e. The normalized spacial score (nSPS) is 22.9. The van der Waals surface area contributed by atoms with Gasteiger partial charge in [-0.3, -0.25) is 4.90 Å². The fourth-order valence-electron chi connectivity index (χ4n) is 2.82. The molecule has 0 saturated carbocycles. The Kier molecular flexibility index (Phi) is 5.52. The van der Waals surface area contributed by atoms with E-state index in [1.165, 1.54) is 6.07 Å². The summed E-state index contributed by atoms with van der Waals surface area (Å²) < 4.78 is 13.3. The molecule has 0 aromatic heterocycles. The van der Waals surface area contributed by atoms with Gasteiger partial charge < -0.3 is 10.2 Å². The summed E-state index contributed by atoms with van der Waals surface area (Å²) in [6.45, 7) is 6.41. The molecule has 0 spiro atoms. The summed E-state index contributed by atoms with van der Waals surface area (Å²) in [7, 11) is 4.35. The molecule has 1 N–H and O–H groups in total. The molecule has 1 aromatic rings. The maximum absolute atomic E-state index is 13.3. The lowest BCUT2D eigenvalue weighted by atomic mass is 10.0. The lowest BCUT2D eigenvalue weighted by molar-refractivity contribution is 0.111. The molecule has 1 saturated heterocycles. The van der Waals surface area contributed by atoms with Crippen LogP contribution in [0.5, 0.6) is 0 Å². The molecule has 0 radical (unpaired) electrons. The SMILES string of the molecule is CCC(NCC1CN(C)CCN1C)c1cccc(F)c1. The molecule has 2 rings (SSSR count). The van der Waals surface area contributed by atoms with E-state index < -0.39 is 0 Å². The first-order valence-electron chi connectivity index (χ1n) is 7.47. The Bertz CT molecular complexity index is 424. The van der Waals surface area contributed by atoms with Crippen molar-refractivity contribution in [2.75, 3.05) is 40.3 Å². The smallest absolute Gasteiger partial charge is 0.123 e. The molecule has 20 heavy (non-hydrogen) atoms. The maximum atomic E-state index is 13.3. The van der Waals surface area contributed by atoms with Crippen molar-refractivity contribution in [2.24, 2.45) is 0 Å². The van der Waals surface area contributed by atoms with Crippen LogP contribution in [-0.2, 0) is 0 Å². The van der Waals surface area contributed by atoms with Gasteiger partial charge in [0, 0.05) is 38.3 Å². The average Bonchev–Trinajstić information content (AvgIpc) is 2.43. The highest BCUT2D eigenvalue weighted by atomic mass is 19.1. The van der Waals surface area contributed by atoms with Gasteiger partial charge in [-0.25, -0.2) is 4.39 Å². The first-order chi connectivity index (χ1) is 9.60. The predicted octanol–water partition coefficient (Wildman–Crippen LogP) is 2.11. The Hall–Kier alpha value is -0.970. The molecule has 3 nitrogen and oxygen atoms in total. The quantitative estimate of drug-likeness (QED) is 0.890. The van der Waals surface area contributed by atoms with Gasteiger partial charge in [0.05, 0.1) is 0 Å². The lowest BCUT2D eigenvalue weighted by Gasteiger charge is -2.38. The number of likely N-dealkylation sites (N-methyl/N-ethyl adjacent to an activating group) is 2. The number of nitrogens with zero attached hydrogens (tertiary/aromatic N) is 2. The Morgan fingerprint density at radius 2 is 2.15 bits per heavy atom. The van der Waals surface area contributed by atoms with E-state index in [1.54, 1.807) is 12.1 Å².